The summed E-state index contributed by atoms with van der Waals surface area (Å²) in [5, 5.41) is 1.60. The number of imidazole rings is 2. The fourth-order valence-corrected chi connectivity index (χ4v) is 8.17. The smallest absolute Gasteiger partial charge is 0.331 e. The molecule has 4 unspecified atom stereocenters. The number of aryl methyl sites for hydroxylation is 4. The minimum absolute atomic E-state index is 0.0139. The molecule has 6 aromatic rings. The third-order valence-corrected chi connectivity index (χ3v) is 10.8. The van der Waals surface area contributed by atoms with Gasteiger partial charge in [0, 0.05) is 97.0 Å². The molecule has 0 bridgehead atoms. The molecule has 2 aromatic carbocycles. The van der Waals surface area contributed by atoms with Gasteiger partial charge in [-0.2, -0.15) is 0 Å². The van der Waals surface area contributed by atoms with Gasteiger partial charge in [-0.15, -0.1) is 0 Å². The van der Waals surface area contributed by atoms with Crippen LogP contribution in [0.3, 0.4) is 0 Å². The van der Waals surface area contributed by atoms with Crippen LogP contribution in [0.1, 0.15) is 79.9 Å². The van der Waals surface area contributed by atoms with Crippen LogP contribution in [0.15, 0.2) is 73.3 Å². The first-order valence-electron chi connectivity index (χ1n) is 17.4. The van der Waals surface area contributed by atoms with E-state index >= 15 is 0 Å². The van der Waals surface area contributed by atoms with Crippen molar-refractivity contribution in [1.29, 1.82) is 0 Å². The lowest BCUT2D eigenvalue weighted by Gasteiger charge is -2.29. The van der Waals surface area contributed by atoms with Crippen molar-refractivity contribution in [2.45, 2.75) is 51.7 Å². The summed E-state index contributed by atoms with van der Waals surface area (Å²) in [6, 6.07) is 15.3. The second kappa shape index (κ2) is 12.9. The Hall–Kier alpha value is -6.04. The molecule has 52 heavy (non-hydrogen) atoms. The summed E-state index contributed by atoms with van der Waals surface area (Å²) >= 11 is 0. The fraction of sp³-hybridized carbons (Fsp3) is 0.300. The van der Waals surface area contributed by atoms with Crippen LogP contribution in [0, 0.1) is 25.7 Å². The zero-order valence-corrected chi connectivity index (χ0v) is 29.3. The molecular formula is C40H38N6O6. The molecule has 0 aliphatic heterocycles. The monoisotopic (exact) mass is 698 g/mol. The van der Waals surface area contributed by atoms with Gasteiger partial charge in [0.05, 0.1) is 46.6 Å². The highest BCUT2D eigenvalue weighted by Gasteiger charge is 2.41. The van der Waals surface area contributed by atoms with E-state index in [-0.39, 0.29) is 24.4 Å². The standard InChI is InChI=1S/C40H38N6O6/c1-21-27(43-19-41-21)15-23-17-31(37-35(39(23)49)25-9-5-7-11-29(25)45(37)3)51-33(47)13-14-34(48)52-32-18-24(16-28-22(2)42-20-44-28)40(50)36-26-10-6-8-12-30(26)46(4)38(32)36/h5-14,19-20,23-24,31-32H,15-18H2,1-4H3,(H,41,43)(H,42,44)/b14-13-. The minimum Gasteiger partial charge on any atom is -0.453 e. The molecular weight excluding hydrogens is 660 g/mol. The number of ether oxygens (including phenoxy) is 2. The highest BCUT2D eigenvalue weighted by atomic mass is 16.5. The lowest BCUT2D eigenvalue weighted by atomic mass is 9.80. The number of aromatic nitrogens is 6. The number of Topliss-reactive ketones (excluding diaryl/α,β-unsaturated/α-hetero) is 2. The summed E-state index contributed by atoms with van der Waals surface area (Å²) in [6.45, 7) is 3.82. The van der Waals surface area contributed by atoms with Gasteiger partial charge in [-0.05, 0) is 26.0 Å². The lowest BCUT2D eigenvalue weighted by Crippen LogP contribution is -2.30. The number of hydrogen-bond donors (Lipinski definition) is 2. The zero-order valence-electron chi connectivity index (χ0n) is 29.3. The van der Waals surface area contributed by atoms with E-state index in [1.165, 1.54) is 0 Å². The van der Waals surface area contributed by atoms with Crippen LogP contribution < -0.4 is 0 Å². The van der Waals surface area contributed by atoms with Gasteiger partial charge in [0.25, 0.3) is 0 Å². The van der Waals surface area contributed by atoms with Crippen LogP contribution >= 0.6 is 0 Å². The molecule has 264 valence electrons. The van der Waals surface area contributed by atoms with Crippen LogP contribution in [-0.4, -0.2) is 52.6 Å². The number of benzene rings is 2. The molecule has 4 atom stereocenters. The van der Waals surface area contributed by atoms with Crippen molar-refractivity contribution in [2.75, 3.05) is 0 Å². The molecule has 0 saturated carbocycles. The van der Waals surface area contributed by atoms with E-state index in [0.29, 0.717) is 35.4 Å². The highest BCUT2D eigenvalue weighted by molar-refractivity contribution is 6.12. The number of ketones is 2. The Balaban J connectivity index is 1.04. The van der Waals surface area contributed by atoms with Gasteiger partial charge in [-0.3, -0.25) is 9.59 Å². The average Bonchev–Trinajstić information content (AvgIpc) is 3.89. The Morgan fingerprint density at radius 1 is 0.712 bits per heavy atom. The fourth-order valence-electron chi connectivity index (χ4n) is 8.17. The third kappa shape index (κ3) is 5.55. The largest absolute Gasteiger partial charge is 0.453 e. The maximum Gasteiger partial charge on any atom is 0.331 e. The molecule has 4 aromatic heterocycles. The number of nitrogens with zero attached hydrogens (tertiary/aromatic N) is 4. The van der Waals surface area contributed by atoms with Gasteiger partial charge >= 0.3 is 11.9 Å². The predicted molar refractivity (Wildman–Crippen MR) is 192 cm³/mol. The normalized spacial score (nSPS) is 20.1. The third-order valence-electron chi connectivity index (χ3n) is 10.8. The lowest BCUT2D eigenvalue weighted by molar-refractivity contribution is -0.147. The van der Waals surface area contributed by atoms with Crippen LogP contribution in [-0.2, 0) is 46.0 Å². The van der Waals surface area contributed by atoms with E-state index in [2.05, 4.69) is 19.9 Å². The quantitative estimate of drug-likeness (QED) is 0.144. The summed E-state index contributed by atoms with van der Waals surface area (Å²) < 4.78 is 15.8. The van der Waals surface area contributed by atoms with E-state index < -0.39 is 36.0 Å². The molecule has 0 spiro atoms. The first kappa shape index (κ1) is 33.1. The number of esters is 2. The number of nitrogens with one attached hydrogen (secondary N) is 2. The number of para-hydroxylation sites is 2. The molecule has 0 saturated heterocycles. The van der Waals surface area contributed by atoms with Gasteiger partial charge in [0.2, 0.25) is 0 Å². The molecule has 12 nitrogen and oxygen atoms in total. The Bertz CT molecular complexity index is 2270. The van der Waals surface area contributed by atoms with Gasteiger partial charge in [0.15, 0.2) is 11.6 Å². The summed E-state index contributed by atoms with van der Waals surface area (Å²) in [5.74, 6) is -2.43. The van der Waals surface area contributed by atoms with Crippen LogP contribution in [0.2, 0.25) is 0 Å². The van der Waals surface area contributed by atoms with E-state index in [1.807, 2.05) is 85.6 Å². The molecule has 8 rings (SSSR count). The highest BCUT2D eigenvalue weighted by Crippen LogP contribution is 2.43. The predicted octanol–water partition coefficient (Wildman–Crippen LogP) is 6.05. The van der Waals surface area contributed by atoms with Gasteiger partial charge in [-0.1, -0.05) is 36.4 Å². The minimum atomic E-state index is -0.739. The second-order valence-electron chi connectivity index (χ2n) is 13.8. The number of aromatic amines is 2. The van der Waals surface area contributed by atoms with Gasteiger partial charge in [0.1, 0.15) is 12.2 Å². The molecule has 2 aliphatic carbocycles. The topological polar surface area (TPSA) is 154 Å². The van der Waals surface area contributed by atoms with Gasteiger partial charge < -0.3 is 28.6 Å². The van der Waals surface area contributed by atoms with Crippen LogP contribution in [0.25, 0.3) is 21.8 Å². The van der Waals surface area contributed by atoms with Crippen molar-refractivity contribution in [3.8, 4) is 0 Å². The Labute approximate surface area is 298 Å². The molecule has 4 heterocycles. The zero-order chi connectivity index (χ0) is 36.3. The van der Waals surface area contributed by atoms with Crippen molar-refractivity contribution in [2.24, 2.45) is 25.9 Å². The maximum absolute atomic E-state index is 13.9. The number of rotatable bonds is 8. The number of carbonyl (C=O) groups is 4. The van der Waals surface area contributed by atoms with Crippen molar-refractivity contribution >= 4 is 45.3 Å². The molecule has 2 aliphatic rings. The van der Waals surface area contributed by atoms with Crippen molar-refractivity contribution < 1.29 is 28.7 Å². The first-order chi connectivity index (χ1) is 25.1. The summed E-state index contributed by atoms with van der Waals surface area (Å²) in [6.07, 6.45) is 5.19. The molecule has 12 heteroatoms. The van der Waals surface area contributed by atoms with E-state index in [1.54, 1.807) is 12.7 Å². The summed E-state index contributed by atoms with van der Waals surface area (Å²) in [7, 11) is 3.72. The Kier molecular flexibility index (Phi) is 8.24. The molecule has 0 fully saturated rings. The molecule has 0 amide bonds. The number of carbonyl (C=O) groups excluding carboxylic acids is 4. The van der Waals surface area contributed by atoms with Gasteiger partial charge in [-0.25, -0.2) is 19.6 Å². The van der Waals surface area contributed by atoms with Crippen molar-refractivity contribution in [1.82, 2.24) is 29.1 Å². The Morgan fingerprint density at radius 3 is 1.50 bits per heavy atom. The van der Waals surface area contributed by atoms with Crippen molar-refractivity contribution in [3.05, 3.63) is 119 Å². The SMILES string of the molecule is Cc1[nH]cnc1CC1CC(OC(=O)/C=C\C(=O)OC2CC(Cc3nc[nH]c3C)C(=O)c3c2n(C)c2ccccc32)c2c(c3ccccc3n2C)C1=O. The Morgan fingerprint density at radius 2 is 1.12 bits per heavy atom. The number of H-pyrrole nitrogens is 2. The van der Waals surface area contributed by atoms with Crippen molar-refractivity contribution in [3.63, 3.8) is 0 Å². The number of fused-ring (bicyclic) bond motifs is 6. The molecule has 0 radical (unpaired) electrons. The van der Waals surface area contributed by atoms with Crippen LogP contribution in [0.5, 0.6) is 0 Å². The second-order valence-corrected chi connectivity index (χ2v) is 13.8. The molecule has 2 N–H and O–H groups in total. The average molecular weight is 699 g/mol. The maximum atomic E-state index is 13.9. The van der Waals surface area contributed by atoms with Crippen LogP contribution in [0.4, 0.5) is 0 Å². The number of hydrogen-bond acceptors (Lipinski definition) is 8. The van der Waals surface area contributed by atoms with E-state index in [4.69, 9.17) is 9.47 Å². The summed E-state index contributed by atoms with van der Waals surface area (Å²) in [5.41, 5.74) is 7.39. The first-order valence-corrected chi connectivity index (χ1v) is 17.4. The van der Waals surface area contributed by atoms with E-state index in [9.17, 15) is 19.2 Å². The summed E-state index contributed by atoms with van der Waals surface area (Å²) in [4.78, 5) is 69.6. The van der Waals surface area contributed by atoms with E-state index in [0.717, 1.165) is 56.7 Å².